The first-order chi connectivity index (χ1) is 12.2. The second kappa shape index (κ2) is 6.16. The minimum Gasteiger partial charge on any atom is -0.305 e. The molecule has 0 fully saturated rings. The van der Waals surface area contributed by atoms with E-state index in [0.29, 0.717) is 17.9 Å². The smallest absolute Gasteiger partial charge is 0.259 e. The highest BCUT2D eigenvalue weighted by Gasteiger charge is 2.15. The number of fused-ring (bicyclic) bond motifs is 3. The van der Waals surface area contributed by atoms with Crippen LogP contribution in [0.25, 0.3) is 16.8 Å². The van der Waals surface area contributed by atoms with Gasteiger partial charge in [0.1, 0.15) is 5.82 Å². The van der Waals surface area contributed by atoms with Gasteiger partial charge in [-0.3, -0.25) is 4.79 Å². The van der Waals surface area contributed by atoms with Crippen molar-refractivity contribution in [1.82, 2.24) is 14.0 Å². The summed E-state index contributed by atoms with van der Waals surface area (Å²) in [5, 5.41) is 0. The number of hydrogen-bond acceptors (Lipinski definition) is 2. The fraction of sp³-hybridized carbons (Fsp3) is 0.200. The van der Waals surface area contributed by atoms with Gasteiger partial charge in [0.15, 0.2) is 0 Å². The maximum atomic E-state index is 14.2. The summed E-state index contributed by atoms with van der Waals surface area (Å²) in [7, 11) is 0. The van der Waals surface area contributed by atoms with Crippen LogP contribution >= 0.6 is 0 Å². The van der Waals surface area contributed by atoms with E-state index in [1.54, 1.807) is 22.6 Å². The number of para-hydroxylation sites is 2. The van der Waals surface area contributed by atoms with Crippen LogP contribution in [-0.4, -0.2) is 14.0 Å². The third-order valence-corrected chi connectivity index (χ3v) is 4.40. The number of hydrogen-bond donors (Lipinski definition) is 0. The Hall–Kier alpha value is -2.95. The van der Waals surface area contributed by atoms with Crippen molar-refractivity contribution in [1.29, 1.82) is 0 Å². The second-order valence-electron chi connectivity index (χ2n) is 6.14. The summed E-state index contributed by atoms with van der Waals surface area (Å²) in [6, 6.07) is 15.9. The predicted molar refractivity (Wildman–Crippen MR) is 96.5 cm³/mol. The predicted octanol–water partition coefficient (Wildman–Crippen LogP) is 3.79. The van der Waals surface area contributed by atoms with Crippen molar-refractivity contribution >= 4 is 16.8 Å². The Balaban J connectivity index is 2.03. The molecule has 0 amide bonds. The van der Waals surface area contributed by atoms with E-state index in [4.69, 9.17) is 4.98 Å². The summed E-state index contributed by atoms with van der Waals surface area (Å²) >= 11 is 0. The van der Waals surface area contributed by atoms with E-state index >= 15 is 0 Å². The minimum atomic E-state index is -0.259. The van der Waals surface area contributed by atoms with Gasteiger partial charge in [-0.05, 0) is 24.6 Å². The summed E-state index contributed by atoms with van der Waals surface area (Å²) in [4.78, 5) is 17.3. The van der Waals surface area contributed by atoms with E-state index in [2.05, 4.69) is 6.92 Å². The van der Waals surface area contributed by atoms with Gasteiger partial charge in [-0.15, -0.1) is 0 Å². The van der Waals surface area contributed by atoms with Gasteiger partial charge in [-0.2, -0.15) is 0 Å². The van der Waals surface area contributed by atoms with Gasteiger partial charge in [0.25, 0.3) is 5.56 Å². The summed E-state index contributed by atoms with van der Waals surface area (Å²) < 4.78 is 17.7. The van der Waals surface area contributed by atoms with Gasteiger partial charge in [0, 0.05) is 17.3 Å². The Kier molecular flexibility index (Phi) is 3.84. The molecular formula is C20H18FN3O. The molecule has 0 N–H and O–H groups in total. The quantitative estimate of drug-likeness (QED) is 0.569. The monoisotopic (exact) mass is 335 g/mol. The van der Waals surface area contributed by atoms with E-state index in [-0.39, 0.29) is 11.4 Å². The van der Waals surface area contributed by atoms with Crippen LogP contribution < -0.4 is 5.56 Å². The van der Waals surface area contributed by atoms with Gasteiger partial charge in [0.2, 0.25) is 5.78 Å². The van der Waals surface area contributed by atoms with E-state index in [0.717, 1.165) is 29.6 Å². The normalized spacial score (nSPS) is 11.4. The molecule has 0 aliphatic heterocycles. The first-order valence-electron chi connectivity index (χ1n) is 8.42. The summed E-state index contributed by atoms with van der Waals surface area (Å²) in [6.07, 6.45) is 1.66. The Labute approximate surface area is 144 Å². The molecule has 4 nitrogen and oxygen atoms in total. The highest BCUT2D eigenvalue weighted by Crippen LogP contribution is 2.21. The number of nitrogens with zero attached hydrogens (tertiary/aromatic N) is 3. The Morgan fingerprint density at radius 1 is 1.04 bits per heavy atom. The van der Waals surface area contributed by atoms with Crippen LogP contribution in [0.1, 0.15) is 24.6 Å². The molecule has 0 radical (unpaired) electrons. The van der Waals surface area contributed by atoms with Crippen molar-refractivity contribution in [2.24, 2.45) is 0 Å². The molecule has 0 aliphatic carbocycles. The Bertz CT molecular complexity index is 1130. The molecule has 0 bridgehead atoms. The highest BCUT2D eigenvalue weighted by molar-refractivity contribution is 5.80. The van der Waals surface area contributed by atoms with Crippen LogP contribution in [0.15, 0.2) is 59.4 Å². The van der Waals surface area contributed by atoms with Gasteiger partial charge in [0.05, 0.1) is 17.6 Å². The molecule has 0 spiro atoms. The molecule has 2 aromatic heterocycles. The van der Waals surface area contributed by atoms with Gasteiger partial charge < -0.3 is 4.57 Å². The van der Waals surface area contributed by atoms with Crippen LogP contribution in [0.3, 0.4) is 0 Å². The zero-order valence-electron chi connectivity index (χ0n) is 13.9. The zero-order chi connectivity index (χ0) is 17.4. The van der Waals surface area contributed by atoms with E-state index in [1.807, 2.05) is 34.9 Å². The fourth-order valence-electron chi connectivity index (χ4n) is 3.25. The number of imidazole rings is 1. The zero-order valence-corrected chi connectivity index (χ0v) is 13.9. The van der Waals surface area contributed by atoms with Crippen LogP contribution in [0.4, 0.5) is 4.39 Å². The lowest BCUT2D eigenvalue weighted by Crippen LogP contribution is -2.16. The molecule has 4 aromatic rings. The lowest BCUT2D eigenvalue weighted by Gasteiger charge is -2.08. The lowest BCUT2D eigenvalue weighted by atomic mass is 10.2. The molecule has 25 heavy (non-hydrogen) atoms. The highest BCUT2D eigenvalue weighted by atomic mass is 19.1. The summed E-state index contributed by atoms with van der Waals surface area (Å²) in [6.45, 7) is 2.38. The minimum absolute atomic E-state index is 0.100. The fourth-order valence-corrected chi connectivity index (χ4v) is 3.25. The number of aryl methyl sites for hydroxylation is 1. The Morgan fingerprint density at radius 2 is 1.76 bits per heavy atom. The SMILES string of the molecule is CCCc1cc(=O)n2c3ccccc3n(Cc3ccccc3F)c2n1. The van der Waals surface area contributed by atoms with E-state index in [9.17, 15) is 9.18 Å². The topological polar surface area (TPSA) is 39.3 Å². The lowest BCUT2D eigenvalue weighted by molar-refractivity contribution is 0.602. The molecule has 2 aromatic carbocycles. The van der Waals surface area contributed by atoms with Gasteiger partial charge in [-0.1, -0.05) is 43.7 Å². The average molecular weight is 335 g/mol. The third-order valence-electron chi connectivity index (χ3n) is 4.40. The van der Waals surface area contributed by atoms with Crippen molar-refractivity contribution < 1.29 is 4.39 Å². The first-order valence-corrected chi connectivity index (χ1v) is 8.42. The van der Waals surface area contributed by atoms with E-state index < -0.39 is 0 Å². The molecule has 4 rings (SSSR count). The van der Waals surface area contributed by atoms with Crippen molar-refractivity contribution in [3.8, 4) is 0 Å². The number of aromatic nitrogens is 3. The average Bonchev–Trinajstić information content (AvgIpc) is 2.92. The van der Waals surface area contributed by atoms with Crippen LogP contribution in [0, 0.1) is 5.82 Å². The standard InChI is InChI=1S/C20H18FN3O/c1-2-7-15-12-19(25)24-18-11-6-5-10-17(18)23(20(24)22-15)13-14-8-3-4-9-16(14)21/h3-6,8-12H,2,7,13H2,1H3. The molecule has 0 saturated heterocycles. The molecular weight excluding hydrogens is 317 g/mol. The second-order valence-corrected chi connectivity index (χ2v) is 6.14. The van der Waals surface area contributed by atoms with Gasteiger partial charge in [-0.25, -0.2) is 13.8 Å². The molecule has 0 atom stereocenters. The summed E-state index contributed by atoms with van der Waals surface area (Å²) in [5.41, 5.74) is 2.89. The van der Waals surface area contributed by atoms with E-state index in [1.165, 1.54) is 6.07 Å². The molecule has 126 valence electrons. The third kappa shape index (κ3) is 2.61. The van der Waals surface area contributed by atoms with Crippen molar-refractivity contribution in [3.05, 3.63) is 82.0 Å². The first kappa shape index (κ1) is 15.6. The molecule has 5 heteroatoms. The summed E-state index contributed by atoms with van der Waals surface area (Å²) in [5.74, 6) is 0.297. The van der Waals surface area contributed by atoms with Crippen molar-refractivity contribution in [3.63, 3.8) is 0 Å². The molecule has 0 unspecified atom stereocenters. The van der Waals surface area contributed by atoms with Crippen LogP contribution in [0.5, 0.6) is 0 Å². The van der Waals surface area contributed by atoms with Crippen molar-refractivity contribution in [2.45, 2.75) is 26.3 Å². The van der Waals surface area contributed by atoms with Gasteiger partial charge >= 0.3 is 0 Å². The largest absolute Gasteiger partial charge is 0.305 e. The van der Waals surface area contributed by atoms with Crippen LogP contribution in [0.2, 0.25) is 0 Å². The molecule has 0 saturated carbocycles. The molecule has 0 aliphatic rings. The number of benzene rings is 2. The van der Waals surface area contributed by atoms with Crippen LogP contribution in [-0.2, 0) is 13.0 Å². The Morgan fingerprint density at radius 3 is 2.52 bits per heavy atom. The molecule has 2 heterocycles. The van der Waals surface area contributed by atoms with Crippen molar-refractivity contribution in [2.75, 3.05) is 0 Å². The number of rotatable bonds is 4. The maximum absolute atomic E-state index is 14.2. The maximum Gasteiger partial charge on any atom is 0.259 e. The number of halogens is 1.